The molecule has 0 spiro atoms. The molecule has 4 rings (SSSR count). The van der Waals surface area contributed by atoms with Crippen LogP contribution in [0.25, 0.3) is 0 Å². The van der Waals surface area contributed by atoms with Crippen LogP contribution in [0.15, 0.2) is 17.1 Å². The Labute approximate surface area is 172 Å². The molecule has 160 valence electrons. The molecule has 4 unspecified atom stereocenters. The number of nitrogens with zero attached hydrogens (tertiary/aromatic N) is 2. The Morgan fingerprint density at radius 2 is 1.86 bits per heavy atom. The molecule has 4 aliphatic rings. The van der Waals surface area contributed by atoms with Crippen LogP contribution in [-0.2, 0) is 19.1 Å². The maximum Gasteiger partial charge on any atom is 0.233 e. The number of methoxy groups -OCH3 is 1. The summed E-state index contributed by atoms with van der Waals surface area (Å²) in [5.74, 6) is 0.925. The number of allylic oxidation sites excluding steroid dienone is 2. The third kappa shape index (κ3) is 3.80. The molecule has 4 atom stereocenters. The number of carbonyl (C=O) groups excluding carboxylic acids is 2. The fourth-order valence-corrected chi connectivity index (χ4v) is 5.21. The lowest BCUT2D eigenvalue weighted by atomic mass is 9.85. The highest BCUT2D eigenvalue weighted by Gasteiger charge is 2.58. The van der Waals surface area contributed by atoms with Crippen LogP contribution < -0.4 is 10.6 Å². The average molecular weight is 405 g/mol. The predicted molar refractivity (Wildman–Crippen MR) is 108 cm³/mol. The first-order valence-corrected chi connectivity index (χ1v) is 10.8. The zero-order valence-corrected chi connectivity index (χ0v) is 17.4. The molecule has 0 aromatic rings. The second-order valence-corrected chi connectivity index (χ2v) is 8.45. The SMILES string of the molecule is CCNC(=NCC1(OC)CCOCC1)NCCN1C(=O)C2C3C=CC(C3)C2C1=O. The molecule has 1 saturated carbocycles. The molecule has 2 heterocycles. The van der Waals surface area contributed by atoms with Gasteiger partial charge >= 0.3 is 0 Å². The summed E-state index contributed by atoms with van der Waals surface area (Å²) < 4.78 is 11.2. The van der Waals surface area contributed by atoms with Gasteiger partial charge in [0, 0.05) is 52.8 Å². The first-order valence-electron chi connectivity index (χ1n) is 10.8. The smallest absolute Gasteiger partial charge is 0.233 e. The van der Waals surface area contributed by atoms with Gasteiger partial charge in [0.25, 0.3) is 0 Å². The number of amides is 2. The Hall–Kier alpha value is -1.93. The molecule has 2 saturated heterocycles. The van der Waals surface area contributed by atoms with E-state index in [1.54, 1.807) is 7.11 Å². The monoisotopic (exact) mass is 404 g/mol. The Morgan fingerprint density at radius 1 is 1.21 bits per heavy atom. The summed E-state index contributed by atoms with van der Waals surface area (Å²) in [6.07, 6.45) is 6.85. The van der Waals surface area contributed by atoms with E-state index in [1.165, 1.54) is 4.90 Å². The Bertz CT molecular complexity index is 671. The van der Waals surface area contributed by atoms with E-state index in [-0.39, 0.29) is 41.1 Å². The van der Waals surface area contributed by atoms with Crippen molar-refractivity contribution in [2.24, 2.45) is 28.7 Å². The molecule has 2 N–H and O–H groups in total. The molecule has 8 nitrogen and oxygen atoms in total. The largest absolute Gasteiger partial charge is 0.381 e. The van der Waals surface area contributed by atoms with Gasteiger partial charge in [-0.25, -0.2) is 0 Å². The molecule has 3 fully saturated rings. The Morgan fingerprint density at radius 3 is 2.45 bits per heavy atom. The number of nitrogens with one attached hydrogen (secondary N) is 2. The molecular formula is C21H32N4O4. The first-order chi connectivity index (χ1) is 14.1. The summed E-state index contributed by atoms with van der Waals surface area (Å²) in [7, 11) is 1.73. The van der Waals surface area contributed by atoms with E-state index in [0.29, 0.717) is 38.8 Å². The number of likely N-dealkylation sites (tertiary alicyclic amines) is 1. The minimum atomic E-state index is -0.287. The van der Waals surface area contributed by atoms with Gasteiger partial charge < -0.3 is 20.1 Å². The third-order valence-electron chi connectivity index (χ3n) is 6.90. The zero-order chi connectivity index (χ0) is 20.4. The number of hydrogen-bond acceptors (Lipinski definition) is 5. The summed E-state index contributed by atoms with van der Waals surface area (Å²) in [4.78, 5) is 31.7. The quantitative estimate of drug-likeness (QED) is 0.279. The van der Waals surface area contributed by atoms with Gasteiger partial charge in [0.2, 0.25) is 11.8 Å². The molecule has 2 amide bonds. The van der Waals surface area contributed by atoms with Crippen LogP contribution in [-0.4, -0.2) is 74.8 Å². The van der Waals surface area contributed by atoms with E-state index in [4.69, 9.17) is 9.47 Å². The number of aliphatic imine (C=N–C) groups is 1. The minimum absolute atomic E-state index is 0.00105. The van der Waals surface area contributed by atoms with Crippen molar-refractivity contribution >= 4 is 17.8 Å². The Kier molecular flexibility index (Phi) is 5.92. The normalized spacial score (nSPS) is 32.8. The number of imide groups is 1. The highest BCUT2D eigenvalue weighted by molar-refractivity contribution is 6.06. The van der Waals surface area contributed by atoms with Gasteiger partial charge in [0.1, 0.15) is 0 Å². The topological polar surface area (TPSA) is 92.3 Å². The van der Waals surface area contributed by atoms with Crippen LogP contribution in [0, 0.1) is 23.7 Å². The molecule has 8 heteroatoms. The van der Waals surface area contributed by atoms with E-state index >= 15 is 0 Å². The van der Waals surface area contributed by atoms with Crippen molar-refractivity contribution in [3.8, 4) is 0 Å². The first kappa shape index (κ1) is 20.3. The van der Waals surface area contributed by atoms with Gasteiger partial charge in [0.15, 0.2) is 5.96 Å². The minimum Gasteiger partial charge on any atom is -0.381 e. The second-order valence-electron chi connectivity index (χ2n) is 8.45. The number of fused-ring (bicyclic) bond motifs is 5. The molecule has 0 radical (unpaired) electrons. The zero-order valence-electron chi connectivity index (χ0n) is 17.4. The highest BCUT2D eigenvalue weighted by Crippen LogP contribution is 2.52. The van der Waals surface area contributed by atoms with Gasteiger partial charge in [-0.15, -0.1) is 0 Å². The fraction of sp³-hybridized carbons (Fsp3) is 0.762. The van der Waals surface area contributed by atoms with Gasteiger partial charge in [-0.2, -0.15) is 0 Å². The standard InChI is InChI=1S/C21H32N4O4/c1-3-22-20(24-13-21(28-2)6-10-29-11-7-21)23-8-9-25-18(26)16-14-4-5-15(12-14)17(16)19(25)27/h4-5,14-17H,3,6-13H2,1-2H3,(H2,22,23,24). The highest BCUT2D eigenvalue weighted by atomic mass is 16.5. The van der Waals surface area contributed by atoms with Crippen LogP contribution in [0.2, 0.25) is 0 Å². The van der Waals surface area contributed by atoms with E-state index < -0.39 is 0 Å². The van der Waals surface area contributed by atoms with E-state index in [2.05, 4.69) is 27.8 Å². The van der Waals surface area contributed by atoms with Crippen molar-refractivity contribution in [2.75, 3.05) is 46.5 Å². The molecular weight excluding hydrogens is 372 g/mol. The van der Waals surface area contributed by atoms with Crippen molar-refractivity contribution in [1.82, 2.24) is 15.5 Å². The molecule has 0 aromatic heterocycles. The molecule has 2 aliphatic heterocycles. The molecule has 29 heavy (non-hydrogen) atoms. The molecule has 2 bridgehead atoms. The fourth-order valence-electron chi connectivity index (χ4n) is 5.21. The lowest BCUT2D eigenvalue weighted by Gasteiger charge is -2.34. The van der Waals surface area contributed by atoms with Crippen LogP contribution in [0.1, 0.15) is 26.2 Å². The van der Waals surface area contributed by atoms with Crippen molar-refractivity contribution in [3.63, 3.8) is 0 Å². The van der Waals surface area contributed by atoms with Gasteiger partial charge in [0.05, 0.1) is 24.0 Å². The molecule has 2 aliphatic carbocycles. The van der Waals surface area contributed by atoms with Crippen LogP contribution in [0.3, 0.4) is 0 Å². The number of guanidine groups is 1. The molecule has 0 aromatic carbocycles. The van der Waals surface area contributed by atoms with Crippen LogP contribution >= 0.6 is 0 Å². The predicted octanol–water partition coefficient (Wildman–Crippen LogP) is 0.544. The summed E-state index contributed by atoms with van der Waals surface area (Å²) >= 11 is 0. The van der Waals surface area contributed by atoms with Crippen LogP contribution in [0.4, 0.5) is 0 Å². The number of ether oxygens (including phenoxy) is 2. The van der Waals surface area contributed by atoms with Crippen molar-refractivity contribution in [3.05, 3.63) is 12.2 Å². The number of rotatable bonds is 7. The maximum absolute atomic E-state index is 12.8. The summed E-state index contributed by atoms with van der Waals surface area (Å²) in [6, 6.07) is 0. The van der Waals surface area contributed by atoms with E-state index in [0.717, 1.165) is 25.8 Å². The van der Waals surface area contributed by atoms with Crippen molar-refractivity contribution in [2.45, 2.75) is 31.8 Å². The Balaban J connectivity index is 1.32. The maximum atomic E-state index is 12.8. The van der Waals surface area contributed by atoms with E-state index in [1.807, 2.05) is 6.92 Å². The van der Waals surface area contributed by atoms with Crippen molar-refractivity contribution in [1.29, 1.82) is 0 Å². The van der Waals surface area contributed by atoms with Gasteiger partial charge in [-0.1, -0.05) is 12.2 Å². The third-order valence-corrected chi connectivity index (χ3v) is 6.90. The van der Waals surface area contributed by atoms with Gasteiger partial charge in [-0.05, 0) is 25.2 Å². The second kappa shape index (κ2) is 8.44. The van der Waals surface area contributed by atoms with Crippen LogP contribution in [0.5, 0.6) is 0 Å². The van der Waals surface area contributed by atoms with Gasteiger partial charge in [-0.3, -0.25) is 19.5 Å². The lowest BCUT2D eigenvalue weighted by molar-refractivity contribution is -0.140. The lowest BCUT2D eigenvalue weighted by Crippen LogP contribution is -2.46. The number of hydrogen-bond donors (Lipinski definition) is 2. The summed E-state index contributed by atoms with van der Waals surface area (Å²) in [5, 5.41) is 6.49. The summed E-state index contributed by atoms with van der Waals surface area (Å²) in [5.41, 5.74) is -0.287. The van der Waals surface area contributed by atoms with Crippen molar-refractivity contribution < 1.29 is 19.1 Å². The number of carbonyl (C=O) groups is 2. The average Bonchev–Trinajstić information content (AvgIpc) is 3.42. The van der Waals surface area contributed by atoms with E-state index in [9.17, 15) is 9.59 Å². The summed E-state index contributed by atoms with van der Waals surface area (Å²) in [6.45, 7) is 5.51.